The van der Waals surface area contributed by atoms with Gasteiger partial charge in [0.25, 0.3) is 5.89 Å². The molecule has 8 heteroatoms. The average Bonchev–Trinajstić information content (AvgIpc) is 3.02. The van der Waals surface area contributed by atoms with Crippen LogP contribution in [0.4, 0.5) is 0 Å². The van der Waals surface area contributed by atoms with E-state index >= 15 is 0 Å². The average molecular weight is 291 g/mol. The van der Waals surface area contributed by atoms with E-state index in [-0.39, 0.29) is 17.6 Å². The number of aromatic nitrogens is 5. The maximum Gasteiger partial charge on any atom is 0.280 e. The highest BCUT2D eigenvalue weighted by molar-refractivity contribution is 5.44. The van der Waals surface area contributed by atoms with E-state index in [2.05, 4.69) is 27.4 Å². The van der Waals surface area contributed by atoms with Crippen LogP contribution in [0.25, 0.3) is 11.6 Å². The molecule has 112 valence electrons. The van der Waals surface area contributed by atoms with Gasteiger partial charge in [-0.3, -0.25) is 0 Å². The molecule has 0 N–H and O–H groups in total. The SMILES string of the molecule is CO[C@@H]1COC[C@H]1n1cc(-c2nc(C3(C)CC3)no2)nn1. The smallest absolute Gasteiger partial charge is 0.280 e. The van der Waals surface area contributed by atoms with E-state index in [1.54, 1.807) is 18.0 Å². The van der Waals surface area contributed by atoms with Gasteiger partial charge in [-0.25, -0.2) is 4.68 Å². The quantitative estimate of drug-likeness (QED) is 0.829. The van der Waals surface area contributed by atoms with Gasteiger partial charge in [0.2, 0.25) is 0 Å². The fraction of sp³-hybridized carbons (Fsp3) is 0.692. The summed E-state index contributed by atoms with van der Waals surface area (Å²) in [6.07, 6.45) is 4.00. The first-order chi connectivity index (χ1) is 10.2. The molecule has 0 radical (unpaired) electrons. The van der Waals surface area contributed by atoms with Crippen LogP contribution in [0.1, 0.15) is 31.6 Å². The Bertz CT molecular complexity index is 648. The van der Waals surface area contributed by atoms with Crippen molar-refractivity contribution in [1.29, 1.82) is 0 Å². The molecule has 3 heterocycles. The largest absolute Gasteiger partial charge is 0.377 e. The molecule has 2 fully saturated rings. The third kappa shape index (κ3) is 2.14. The molecular formula is C13H17N5O3. The first-order valence-electron chi connectivity index (χ1n) is 7.06. The zero-order valence-electron chi connectivity index (χ0n) is 12.0. The van der Waals surface area contributed by atoms with Crippen molar-refractivity contribution < 1.29 is 14.0 Å². The summed E-state index contributed by atoms with van der Waals surface area (Å²) in [4.78, 5) is 4.44. The molecule has 1 aliphatic carbocycles. The summed E-state index contributed by atoms with van der Waals surface area (Å²) in [6.45, 7) is 3.27. The fourth-order valence-corrected chi connectivity index (χ4v) is 2.52. The van der Waals surface area contributed by atoms with Crippen molar-refractivity contribution in [2.24, 2.45) is 0 Å². The standard InChI is InChI=1S/C13H17N5O3/c1-13(3-4-13)12-14-11(21-16-12)8-5-18(17-15-8)9-6-20-7-10(9)19-2/h5,9-10H,3-4,6-7H2,1-2H3/t9-,10-/m1/s1. The van der Waals surface area contributed by atoms with Crippen LogP contribution >= 0.6 is 0 Å². The molecule has 2 aromatic heterocycles. The predicted octanol–water partition coefficient (Wildman–Crippen LogP) is 0.966. The highest BCUT2D eigenvalue weighted by Crippen LogP contribution is 2.46. The number of nitrogens with zero attached hydrogens (tertiary/aromatic N) is 5. The maximum atomic E-state index is 5.42. The molecule has 0 aromatic carbocycles. The topological polar surface area (TPSA) is 88.1 Å². The molecule has 0 unspecified atom stereocenters. The lowest BCUT2D eigenvalue weighted by Gasteiger charge is -2.14. The minimum atomic E-state index is -0.0110. The first kappa shape index (κ1) is 12.9. The summed E-state index contributed by atoms with van der Waals surface area (Å²) in [5.41, 5.74) is 0.665. The molecule has 1 aliphatic heterocycles. The summed E-state index contributed by atoms with van der Waals surface area (Å²) in [7, 11) is 1.67. The van der Waals surface area contributed by atoms with Crippen molar-refractivity contribution in [1.82, 2.24) is 25.1 Å². The Hall–Kier alpha value is -1.80. The highest BCUT2D eigenvalue weighted by Gasteiger charge is 2.43. The van der Waals surface area contributed by atoms with E-state index in [1.807, 2.05) is 0 Å². The third-order valence-corrected chi connectivity index (χ3v) is 4.34. The van der Waals surface area contributed by atoms with Crippen molar-refractivity contribution >= 4 is 0 Å². The lowest BCUT2D eigenvalue weighted by molar-refractivity contribution is 0.0661. The van der Waals surface area contributed by atoms with Crippen LogP contribution in [0.2, 0.25) is 0 Å². The maximum absolute atomic E-state index is 5.42. The van der Waals surface area contributed by atoms with E-state index in [0.29, 0.717) is 24.8 Å². The number of hydrogen-bond donors (Lipinski definition) is 0. The second kappa shape index (κ2) is 4.60. The zero-order valence-corrected chi connectivity index (χ0v) is 12.0. The van der Waals surface area contributed by atoms with E-state index < -0.39 is 0 Å². The molecule has 1 saturated carbocycles. The van der Waals surface area contributed by atoms with Gasteiger partial charge in [-0.05, 0) is 12.8 Å². The van der Waals surface area contributed by atoms with E-state index in [4.69, 9.17) is 14.0 Å². The molecule has 2 aliphatic rings. The van der Waals surface area contributed by atoms with Crippen LogP contribution in [0.5, 0.6) is 0 Å². The molecule has 1 saturated heterocycles. The van der Waals surface area contributed by atoms with E-state index in [1.165, 1.54) is 0 Å². The van der Waals surface area contributed by atoms with Crippen molar-refractivity contribution in [2.75, 3.05) is 20.3 Å². The van der Waals surface area contributed by atoms with Crippen LogP contribution in [-0.2, 0) is 14.9 Å². The molecule has 21 heavy (non-hydrogen) atoms. The summed E-state index contributed by atoms with van der Waals surface area (Å²) in [6, 6.07) is 0.0274. The molecule has 2 atom stereocenters. The predicted molar refractivity (Wildman–Crippen MR) is 70.6 cm³/mol. The number of ether oxygens (including phenoxy) is 2. The zero-order chi connectivity index (χ0) is 14.4. The minimum absolute atomic E-state index is 0.0110. The third-order valence-electron chi connectivity index (χ3n) is 4.34. The Labute approximate surface area is 121 Å². The van der Waals surface area contributed by atoms with Gasteiger partial charge in [0.1, 0.15) is 12.1 Å². The van der Waals surface area contributed by atoms with E-state index in [9.17, 15) is 0 Å². The Balaban J connectivity index is 1.58. The fourth-order valence-electron chi connectivity index (χ4n) is 2.52. The van der Waals surface area contributed by atoms with Crippen molar-refractivity contribution in [3.63, 3.8) is 0 Å². The van der Waals surface area contributed by atoms with Crippen molar-refractivity contribution in [2.45, 2.75) is 37.3 Å². The Morgan fingerprint density at radius 1 is 1.38 bits per heavy atom. The summed E-state index contributed by atoms with van der Waals surface area (Å²) < 4.78 is 17.9. The van der Waals surface area contributed by atoms with Crippen LogP contribution in [0.3, 0.4) is 0 Å². The number of rotatable bonds is 4. The lowest BCUT2D eigenvalue weighted by atomic mass is 10.1. The second-order valence-corrected chi connectivity index (χ2v) is 5.95. The normalized spacial score (nSPS) is 27.1. The molecule has 0 amide bonds. The van der Waals surface area contributed by atoms with Gasteiger partial charge in [-0.1, -0.05) is 17.3 Å². The Kier molecular flexibility index (Phi) is 2.83. The molecule has 0 spiro atoms. The van der Waals surface area contributed by atoms with Gasteiger partial charge in [-0.2, -0.15) is 4.98 Å². The Morgan fingerprint density at radius 2 is 2.24 bits per heavy atom. The van der Waals surface area contributed by atoms with Crippen molar-refractivity contribution in [3.05, 3.63) is 12.0 Å². The summed E-state index contributed by atoms with van der Waals surface area (Å²) in [5.74, 6) is 1.17. The van der Waals surface area contributed by atoms with Crippen molar-refractivity contribution in [3.8, 4) is 11.6 Å². The number of methoxy groups -OCH3 is 1. The van der Waals surface area contributed by atoms with Gasteiger partial charge >= 0.3 is 0 Å². The van der Waals surface area contributed by atoms with Gasteiger partial charge in [0.15, 0.2) is 11.5 Å². The highest BCUT2D eigenvalue weighted by atomic mass is 16.5. The molecular weight excluding hydrogens is 274 g/mol. The van der Waals surface area contributed by atoms with Gasteiger partial charge < -0.3 is 14.0 Å². The molecule has 2 aromatic rings. The van der Waals surface area contributed by atoms with Crippen LogP contribution in [-0.4, -0.2) is 51.6 Å². The monoisotopic (exact) mass is 291 g/mol. The lowest BCUT2D eigenvalue weighted by Crippen LogP contribution is -2.24. The Morgan fingerprint density at radius 3 is 3.00 bits per heavy atom. The summed E-state index contributed by atoms with van der Waals surface area (Å²) in [5, 5.41) is 12.3. The van der Waals surface area contributed by atoms with Gasteiger partial charge in [0.05, 0.1) is 19.4 Å². The van der Waals surface area contributed by atoms with Crippen LogP contribution in [0.15, 0.2) is 10.7 Å². The molecule has 0 bridgehead atoms. The summed E-state index contributed by atoms with van der Waals surface area (Å²) >= 11 is 0. The minimum Gasteiger partial charge on any atom is -0.377 e. The van der Waals surface area contributed by atoms with E-state index in [0.717, 1.165) is 18.7 Å². The first-order valence-corrected chi connectivity index (χ1v) is 7.06. The molecule has 4 rings (SSSR count). The van der Waals surface area contributed by atoms with Gasteiger partial charge in [0, 0.05) is 12.5 Å². The van der Waals surface area contributed by atoms with Crippen LogP contribution in [0, 0.1) is 0 Å². The van der Waals surface area contributed by atoms with Gasteiger partial charge in [-0.15, -0.1) is 5.10 Å². The second-order valence-electron chi connectivity index (χ2n) is 5.95. The molecule has 8 nitrogen and oxygen atoms in total. The van der Waals surface area contributed by atoms with Crippen LogP contribution < -0.4 is 0 Å². The number of hydrogen-bond acceptors (Lipinski definition) is 7.